The van der Waals surface area contributed by atoms with Crippen LogP contribution in [0.5, 0.6) is 0 Å². The third kappa shape index (κ3) is 9.26. The van der Waals surface area contributed by atoms with Crippen molar-refractivity contribution in [2.75, 3.05) is 45.4 Å². The van der Waals surface area contributed by atoms with E-state index in [1.807, 2.05) is 16.4 Å². The van der Waals surface area contributed by atoms with E-state index in [0.29, 0.717) is 71.9 Å². The molecule has 0 bridgehead atoms. The predicted molar refractivity (Wildman–Crippen MR) is 229 cm³/mol. The Labute approximate surface area is 371 Å². The average molecular weight is 962 g/mol. The maximum atomic E-state index is 12.6. The minimum absolute atomic E-state index is 0.0315. The number of hydrogen-bond acceptors (Lipinski definition) is 16. The van der Waals surface area contributed by atoms with Gasteiger partial charge in [0.15, 0.2) is 12.3 Å². The lowest BCUT2D eigenvalue weighted by molar-refractivity contribution is -0.441. The van der Waals surface area contributed by atoms with Crippen molar-refractivity contribution in [3.63, 3.8) is 0 Å². The highest BCUT2D eigenvalue weighted by Crippen LogP contribution is 2.54. The largest absolute Gasteiger partial charge is 0.744 e. The first-order valence-corrected chi connectivity index (χ1v) is 25.4. The van der Waals surface area contributed by atoms with E-state index in [1.54, 1.807) is 44.2 Å². The van der Waals surface area contributed by atoms with Gasteiger partial charge >= 0.3 is 5.97 Å². The third-order valence-corrected chi connectivity index (χ3v) is 15.2. The molecular formula is C42H45N2O16S4-3. The lowest BCUT2D eigenvalue weighted by Crippen LogP contribution is -2.31. The molecule has 1 atom stereocenters. The summed E-state index contributed by atoms with van der Waals surface area (Å²) in [5.41, 5.74) is 0.846. The Balaban J connectivity index is 1.60. The van der Waals surface area contributed by atoms with Gasteiger partial charge in [-0.2, -0.15) is 4.58 Å². The summed E-state index contributed by atoms with van der Waals surface area (Å²) in [7, 11) is -18.1. The van der Waals surface area contributed by atoms with Crippen LogP contribution >= 0.6 is 0 Å². The maximum absolute atomic E-state index is 12.6. The minimum Gasteiger partial charge on any atom is -0.744 e. The summed E-state index contributed by atoms with van der Waals surface area (Å²) in [4.78, 5) is 9.62. The molecule has 22 heteroatoms. The average Bonchev–Trinajstić information content (AvgIpc) is 3.56. The van der Waals surface area contributed by atoms with E-state index in [1.165, 1.54) is 26.4 Å². The van der Waals surface area contributed by atoms with Crippen LogP contribution in [0.25, 0.3) is 21.5 Å². The molecule has 0 amide bonds. The fourth-order valence-corrected chi connectivity index (χ4v) is 11.7. The second-order valence-electron chi connectivity index (χ2n) is 16.3. The lowest BCUT2D eigenvalue weighted by Gasteiger charge is -2.31. The molecule has 0 aliphatic carbocycles. The summed E-state index contributed by atoms with van der Waals surface area (Å²) in [5.74, 6) is -0.960. The molecule has 0 aromatic heterocycles. The summed E-state index contributed by atoms with van der Waals surface area (Å²) < 4.78 is 162. The highest BCUT2D eigenvalue weighted by Gasteiger charge is 2.47. The fourth-order valence-electron chi connectivity index (χ4n) is 9.02. The first-order valence-electron chi connectivity index (χ1n) is 19.7. The van der Waals surface area contributed by atoms with Gasteiger partial charge in [-0.05, 0) is 104 Å². The van der Waals surface area contributed by atoms with Crippen LogP contribution < -0.4 is 4.90 Å². The Morgan fingerprint density at radius 3 is 1.78 bits per heavy atom. The SMILES string of the molecule is COCC[N+]1=C(/C=C/C=C2/N(CCCCCC(=O)O)c3ccc4c(S(=O)(=O)[O-])cc(S(=O)(=O)[O-])cc4c3C2(C)CCOC)C(C)(C)c2c1ccc1c(S(=O)(=O)[O-])cc(S(=O)(=O)[O-])cc21. The molecule has 6 rings (SSSR count). The third-order valence-electron chi connectivity index (χ3n) is 11.9. The van der Waals surface area contributed by atoms with Crippen LogP contribution in [0, 0.1) is 0 Å². The van der Waals surface area contributed by atoms with Gasteiger partial charge in [0, 0.05) is 73.7 Å². The number of unbranched alkanes of at least 4 members (excludes halogenated alkanes) is 2. The second kappa shape index (κ2) is 17.6. The first-order chi connectivity index (χ1) is 29.7. The van der Waals surface area contributed by atoms with Crippen molar-refractivity contribution in [2.24, 2.45) is 0 Å². The van der Waals surface area contributed by atoms with E-state index >= 15 is 0 Å². The Morgan fingerprint density at radius 1 is 0.719 bits per heavy atom. The van der Waals surface area contributed by atoms with Crippen LogP contribution in [0.1, 0.15) is 64.0 Å². The molecule has 0 fully saturated rings. The lowest BCUT2D eigenvalue weighted by atomic mass is 9.76. The van der Waals surface area contributed by atoms with Crippen LogP contribution in [0.3, 0.4) is 0 Å². The molecule has 1 N–H and O–H groups in total. The molecule has 1 unspecified atom stereocenters. The van der Waals surface area contributed by atoms with E-state index in [4.69, 9.17) is 9.47 Å². The van der Waals surface area contributed by atoms with Crippen LogP contribution in [0.2, 0.25) is 0 Å². The number of ether oxygens (including phenoxy) is 2. The highest BCUT2D eigenvalue weighted by molar-refractivity contribution is 7.87. The summed E-state index contributed by atoms with van der Waals surface area (Å²) in [6.07, 6.45) is 6.76. The number of carboxylic acids is 1. The van der Waals surface area contributed by atoms with Crippen molar-refractivity contribution in [3.8, 4) is 0 Å². The zero-order valence-corrected chi connectivity index (χ0v) is 38.6. The molecule has 0 radical (unpaired) electrons. The summed E-state index contributed by atoms with van der Waals surface area (Å²) in [6.45, 7) is 6.26. The van der Waals surface area contributed by atoms with Crippen molar-refractivity contribution < 1.29 is 75.8 Å². The molecule has 346 valence electrons. The van der Waals surface area contributed by atoms with Crippen LogP contribution in [0.4, 0.5) is 11.4 Å². The number of hydrogen-bond donors (Lipinski definition) is 1. The molecule has 4 aromatic rings. The molecule has 18 nitrogen and oxygen atoms in total. The van der Waals surface area contributed by atoms with E-state index in [0.717, 1.165) is 12.1 Å². The van der Waals surface area contributed by atoms with Crippen LogP contribution in [-0.2, 0) is 65.6 Å². The molecule has 2 aliphatic heterocycles. The van der Waals surface area contributed by atoms with E-state index in [2.05, 4.69) is 0 Å². The van der Waals surface area contributed by atoms with Crippen LogP contribution in [-0.4, -0.2) is 114 Å². The number of benzene rings is 4. The van der Waals surface area contributed by atoms with Crippen molar-refractivity contribution in [1.82, 2.24) is 0 Å². The number of carbonyl (C=O) groups is 1. The molecule has 0 saturated heterocycles. The van der Waals surface area contributed by atoms with Gasteiger partial charge < -0.3 is 37.7 Å². The number of fused-ring (bicyclic) bond motifs is 6. The summed E-state index contributed by atoms with van der Waals surface area (Å²) in [5, 5.41) is 9.13. The highest BCUT2D eigenvalue weighted by atomic mass is 32.2. The number of carboxylic acid groups (broad SMARTS) is 1. The number of aliphatic carboxylic acids is 1. The standard InChI is InChI=1S/C42H48N2O16S4/c1-41(2)36(44(19-21-60-5)32-15-13-28-30(39(32)41)22-26(61(47,48)49)24-34(28)63(53,54)55)10-9-11-37-42(3,17-20-59-4)40-31-23-27(62(50,51)52)25-35(64(56,57)58)29(31)14-16-33(40)43(37)18-8-6-7-12-38(45)46/h9-11,13-16,22-25H,6-8,12,17-21H2,1-5H3,(H4-,45,46,47,48,49,50,51,52,53,54,55,56,57,58)/p-3. The smallest absolute Gasteiger partial charge is 0.303 e. The monoisotopic (exact) mass is 961 g/mol. The minimum atomic E-state index is -5.31. The van der Waals surface area contributed by atoms with Crippen LogP contribution in [0.15, 0.2) is 92.0 Å². The van der Waals surface area contributed by atoms with E-state index in [9.17, 15) is 61.8 Å². The zero-order chi connectivity index (χ0) is 47.4. The van der Waals surface area contributed by atoms with Gasteiger partial charge in [0.2, 0.25) is 5.69 Å². The van der Waals surface area contributed by atoms with Gasteiger partial charge in [-0.25, -0.2) is 33.7 Å². The van der Waals surface area contributed by atoms with Crippen molar-refractivity contribution >= 4 is 85.1 Å². The number of nitrogens with zero attached hydrogens (tertiary/aromatic N) is 2. The summed E-state index contributed by atoms with van der Waals surface area (Å²) >= 11 is 0. The topological polar surface area (TPSA) is 291 Å². The Hall–Kier alpha value is -4.62. The van der Waals surface area contributed by atoms with E-state index in [-0.39, 0.29) is 54.1 Å². The van der Waals surface area contributed by atoms with Crippen molar-refractivity contribution in [3.05, 3.63) is 83.6 Å². The molecule has 2 heterocycles. The van der Waals surface area contributed by atoms with Crippen molar-refractivity contribution in [1.29, 1.82) is 0 Å². The number of methoxy groups -OCH3 is 2. The van der Waals surface area contributed by atoms with Crippen molar-refractivity contribution in [2.45, 2.75) is 83.3 Å². The predicted octanol–water partition coefficient (Wildman–Crippen LogP) is 4.53. The molecule has 64 heavy (non-hydrogen) atoms. The van der Waals surface area contributed by atoms with Gasteiger partial charge in [0.25, 0.3) is 0 Å². The maximum Gasteiger partial charge on any atom is 0.303 e. The molecule has 0 saturated carbocycles. The van der Waals surface area contributed by atoms with Gasteiger partial charge in [-0.3, -0.25) is 4.79 Å². The summed E-state index contributed by atoms with van der Waals surface area (Å²) in [6, 6.07) is 9.15. The molecule has 4 aromatic carbocycles. The number of rotatable bonds is 18. The Morgan fingerprint density at radius 2 is 1.27 bits per heavy atom. The van der Waals surface area contributed by atoms with Gasteiger partial charge in [-0.15, -0.1) is 0 Å². The zero-order valence-electron chi connectivity index (χ0n) is 35.3. The first kappa shape index (κ1) is 48.8. The van der Waals surface area contributed by atoms with Gasteiger partial charge in [0.1, 0.15) is 47.1 Å². The molecular weight excluding hydrogens is 917 g/mol. The van der Waals surface area contributed by atoms with E-state index < -0.39 is 76.9 Å². The van der Waals surface area contributed by atoms with Gasteiger partial charge in [0.05, 0.1) is 25.0 Å². The molecule has 2 aliphatic rings. The Kier molecular flexibility index (Phi) is 13.5. The second-order valence-corrected chi connectivity index (χ2v) is 21.7. The molecule has 0 spiro atoms. The number of anilines is 1. The fraction of sp³-hybridized carbons (Fsp3) is 0.381. The normalized spacial score (nSPS) is 18.5. The quantitative estimate of drug-likeness (QED) is 0.0814. The number of allylic oxidation sites excluding steroid dienone is 4. The van der Waals surface area contributed by atoms with Gasteiger partial charge in [-0.1, -0.05) is 18.6 Å². The Bertz CT molecular complexity index is 3140.